The smallest absolute Gasteiger partial charge is 0.185 e. The van der Waals surface area contributed by atoms with E-state index in [9.17, 15) is 0 Å². The summed E-state index contributed by atoms with van der Waals surface area (Å²) in [5.41, 5.74) is 7.37. The van der Waals surface area contributed by atoms with Crippen LogP contribution in [0.15, 0.2) is 41.8 Å². The molecule has 4 nitrogen and oxygen atoms in total. The molecule has 31 heavy (non-hydrogen) atoms. The van der Waals surface area contributed by atoms with Crippen molar-refractivity contribution in [3.05, 3.63) is 63.5 Å². The second-order valence-electron chi connectivity index (χ2n) is 8.42. The van der Waals surface area contributed by atoms with Crippen molar-refractivity contribution in [2.75, 3.05) is 36.4 Å². The number of benzene rings is 2. The van der Waals surface area contributed by atoms with Crippen LogP contribution < -0.4 is 15.5 Å². The Morgan fingerprint density at radius 1 is 1.00 bits per heavy atom. The van der Waals surface area contributed by atoms with E-state index in [1.807, 2.05) is 6.07 Å². The first-order chi connectivity index (χ1) is 15.3. The molecule has 0 saturated carbocycles. The van der Waals surface area contributed by atoms with E-state index in [0.29, 0.717) is 0 Å². The van der Waals surface area contributed by atoms with Gasteiger partial charge in [-0.3, -0.25) is 0 Å². The predicted molar refractivity (Wildman–Crippen MR) is 133 cm³/mol. The Labute approximate surface area is 193 Å². The molecule has 1 saturated heterocycles. The third-order valence-electron chi connectivity index (χ3n) is 6.32. The van der Waals surface area contributed by atoms with E-state index in [-0.39, 0.29) is 0 Å². The second kappa shape index (κ2) is 9.60. The fourth-order valence-electron chi connectivity index (χ4n) is 4.55. The van der Waals surface area contributed by atoms with Gasteiger partial charge in [-0.1, -0.05) is 41.9 Å². The molecule has 2 aliphatic rings. The third-order valence-corrected chi connectivity index (χ3v) is 7.54. The minimum Gasteiger partial charge on any atom is -0.380 e. The number of anilines is 2. The molecular formula is C25H29ClN4S. The zero-order valence-corrected chi connectivity index (χ0v) is 19.4. The summed E-state index contributed by atoms with van der Waals surface area (Å²) >= 11 is 8.32. The summed E-state index contributed by atoms with van der Waals surface area (Å²) in [7, 11) is 0. The summed E-state index contributed by atoms with van der Waals surface area (Å²) in [4.78, 5) is 7.33. The normalized spacial score (nSPS) is 16.6. The fourth-order valence-corrected chi connectivity index (χ4v) is 5.68. The number of hydrogen-bond donors (Lipinski definition) is 2. The number of nitrogens with zero attached hydrogens (tertiary/aromatic N) is 2. The van der Waals surface area contributed by atoms with Crippen LogP contribution in [0.2, 0.25) is 5.02 Å². The Morgan fingerprint density at radius 3 is 2.65 bits per heavy atom. The number of hydrogen-bond acceptors (Lipinski definition) is 5. The molecular weight excluding hydrogens is 424 g/mol. The summed E-state index contributed by atoms with van der Waals surface area (Å²) < 4.78 is 0. The van der Waals surface area contributed by atoms with Crippen LogP contribution in [0.4, 0.5) is 10.8 Å². The van der Waals surface area contributed by atoms with Crippen LogP contribution in [0.5, 0.6) is 0 Å². The predicted octanol–water partition coefficient (Wildman–Crippen LogP) is 5.75. The molecule has 1 fully saturated rings. The summed E-state index contributed by atoms with van der Waals surface area (Å²) in [6.07, 6.45) is 5.98. The molecule has 1 aromatic heterocycles. The number of aromatic nitrogens is 1. The molecule has 0 amide bonds. The third kappa shape index (κ3) is 4.74. The number of thiazole rings is 1. The monoisotopic (exact) mass is 452 g/mol. The molecule has 5 rings (SSSR count). The van der Waals surface area contributed by atoms with Gasteiger partial charge in [0.25, 0.3) is 0 Å². The van der Waals surface area contributed by atoms with Gasteiger partial charge in [-0.05, 0) is 68.0 Å². The first kappa shape index (κ1) is 20.8. The molecule has 0 radical (unpaired) electrons. The van der Waals surface area contributed by atoms with Gasteiger partial charge in [-0.25, -0.2) is 4.98 Å². The Morgan fingerprint density at radius 2 is 1.81 bits per heavy atom. The van der Waals surface area contributed by atoms with Crippen LogP contribution in [0.1, 0.15) is 36.0 Å². The first-order valence-electron chi connectivity index (χ1n) is 11.3. The largest absolute Gasteiger partial charge is 0.380 e. The molecule has 2 N–H and O–H groups in total. The molecule has 3 aromatic rings. The van der Waals surface area contributed by atoms with E-state index in [4.69, 9.17) is 16.6 Å². The lowest BCUT2D eigenvalue weighted by Gasteiger charge is -2.25. The van der Waals surface area contributed by atoms with Crippen molar-refractivity contribution in [2.45, 2.75) is 38.6 Å². The highest BCUT2D eigenvalue weighted by atomic mass is 35.5. The summed E-state index contributed by atoms with van der Waals surface area (Å²) in [6, 6.07) is 13.0. The van der Waals surface area contributed by atoms with E-state index in [2.05, 4.69) is 51.2 Å². The van der Waals surface area contributed by atoms with Gasteiger partial charge in [-0.15, -0.1) is 11.3 Å². The Kier molecular flexibility index (Phi) is 6.44. The number of rotatable bonds is 5. The van der Waals surface area contributed by atoms with Gasteiger partial charge < -0.3 is 15.5 Å². The van der Waals surface area contributed by atoms with E-state index in [0.717, 1.165) is 67.1 Å². The van der Waals surface area contributed by atoms with Gasteiger partial charge in [0, 0.05) is 30.6 Å². The minimum absolute atomic E-state index is 0.764. The molecule has 0 unspecified atom stereocenters. The van der Waals surface area contributed by atoms with E-state index in [1.54, 1.807) is 11.3 Å². The maximum Gasteiger partial charge on any atom is 0.185 e. The molecule has 6 heteroatoms. The Hall–Kier alpha value is -2.08. The quantitative estimate of drug-likeness (QED) is 0.516. The fraction of sp³-hybridized carbons (Fsp3) is 0.400. The SMILES string of the molecule is Clc1ccc2c(c1NCc1ccc(-c3csc(N4CCCCC4)n3)cc1)CCNCC2. The first-order valence-corrected chi connectivity index (χ1v) is 12.6. The van der Waals surface area contributed by atoms with E-state index >= 15 is 0 Å². The molecule has 0 aliphatic carbocycles. The molecule has 2 aromatic carbocycles. The molecule has 2 aliphatic heterocycles. The highest BCUT2D eigenvalue weighted by molar-refractivity contribution is 7.14. The zero-order valence-electron chi connectivity index (χ0n) is 17.8. The van der Waals surface area contributed by atoms with E-state index in [1.165, 1.54) is 41.5 Å². The van der Waals surface area contributed by atoms with Crippen molar-refractivity contribution in [1.29, 1.82) is 0 Å². The van der Waals surface area contributed by atoms with Gasteiger partial charge in [0.1, 0.15) is 0 Å². The number of piperidine rings is 1. The maximum atomic E-state index is 6.56. The number of fused-ring (bicyclic) bond motifs is 1. The van der Waals surface area contributed by atoms with Crippen LogP contribution in [0, 0.1) is 0 Å². The van der Waals surface area contributed by atoms with Crippen LogP contribution in [-0.2, 0) is 19.4 Å². The summed E-state index contributed by atoms with van der Waals surface area (Å²) in [5.74, 6) is 0. The number of halogens is 1. The van der Waals surface area contributed by atoms with Crippen molar-refractivity contribution in [3.63, 3.8) is 0 Å². The molecule has 3 heterocycles. The summed E-state index contributed by atoms with van der Waals surface area (Å²) in [6.45, 7) is 5.08. The van der Waals surface area contributed by atoms with Gasteiger partial charge in [0.05, 0.1) is 16.4 Å². The van der Waals surface area contributed by atoms with Crippen molar-refractivity contribution in [3.8, 4) is 11.3 Å². The molecule has 0 bridgehead atoms. The van der Waals surface area contributed by atoms with Gasteiger partial charge in [0.15, 0.2) is 5.13 Å². The average Bonchev–Trinajstić information content (AvgIpc) is 3.19. The zero-order chi connectivity index (χ0) is 21.0. The lowest BCUT2D eigenvalue weighted by atomic mass is 10.0. The Bertz CT molecular complexity index is 1020. The van der Waals surface area contributed by atoms with Crippen LogP contribution in [0.3, 0.4) is 0 Å². The standard InChI is InChI=1S/C25H29ClN4S/c26-22-9-8-19-10-12-27-13-11-21(19)24(22)28-16-18-4-6-20(7-5-18)23-17-31-25(29-23)30-14-2-1-3-15-30/h4-9,17,27-28H,1-3,10-16H2. The van der Waals surface area contributed by atoms with Crippen LogP contribution >= 0.6 is 22.9 Å². The van der Waals surface area contributed by atoms with Crippen LogP contribution in [-0.4, -0.2) is 31.2 Å². The Balaban J connectivity index is 1.27. The minimum atomic E-state index is 0.764. The molecule has 0 atom stereocenters. The van der Waals surface area contributed by atoms with Gasteiger partial charge >= 0.3 is 0 Å². The second-order valence-corrected chi connectivity index (χ2v) is 9.67. The van der Waals surface area contributed by atoms with E-state index < -0.39 is 0 Å². The molecule has 162 valence electrons. The highest BCUT2D eigenvalue weighted by Crippen LogP contribution is 2.32. The highest BCUT2D eigenvalue weighted by Gasteiger charge is 2.16. The lowest BCUT2D eigenvalue weighted by molar-refractivity contribution is 0.577. The lowest BCUT2D eigenvalue weighted by Crippen LogP contribution is -2.29. The topological polar surface area (TPSA) is 40.2 Å². The van der Waals surface area contributed by atoms with Crippen molar-refractivity contribution in [2.24, 2.45) is 0 Å². The van der Waals surface area contributed by atoms with Crippen molar-refractivity contribution in [1.82, 2.24) is 10.3 Å². The number of nitrogens with one attached hydrogen (secondary N) is 2. The summed E-state index contributed by atoms with van der Waals surface area (Å²) in [5, 5.41) is 11.2. The van der Waals surface area contributed by atoms with Gasteiger partial charge in [-0.2, -0.15) is 0 Å². The average molecular weight is 453 g/mol. The van der Waals surface area contributed by atoms with Crippen molar-refractivity contribution >= 4 is 33.8 Å². The maximum absolute atomic E-state index is 6.56. The molecule has 0 spiro atoms. The van der Waals surface area contributed by atoms with Crippen LogP contribution in [0.25, 0.3) is 11.3 Å². The van der Waals surface area contributed by atoms with Crippen molar-refractivity contribution < 1.29 is 0 Å². The van der Waals surface area contributed by atoms with Gasteiger partial charge in [0.2, 0.25) is 0 Å².